The van der Waals surface area contributed by atoms with E-state index in [9.17, 15) is 14.4 Å². The first-order chi connectivity index (χ1) is 12.1. The molecule has 1 unspecified atom stereocenters. The Kier molecular flexibility index (Phi) is 5.46. The van der Waals surface area contributed by atoms with Crippen molar-refractivity contribution in [1.29, 1.82) is 0 Å². The fourth-order valence-corrected chi connectivity index (χ4v) is 3.55. The van der Waals surface area contributed by atoms with Gasteiger partial charge in [-0.1, -0.05) is 44.8 Å². The van der Waals surface area contributed by atoms with Crippen LogP contribution in [0.4, 0.5) is 4.79 Å². The Morgan fingerprint density at radius 3 is 2.76 bits per heavy atom. The topological polar surface area (TPSA) is 78.8 Å². The SMILES string of the molecule is CCCCCN1C(=O)N=C2C=C(C(=O)NC3CCCC3)C=CC2C1=O. The van der Waals surface area contributed by atoms with Crippen LogP contribution in [0.5, 0.6) is 0 Å². The van der Waals surface area contributed by atoms with Crippen molar-refractivity contribution < 1.29 is 14.4 Å². The summed E-state index contributed by atoms with van der Waals surface area (Å²) in [4.78, 5) is 42.4. The molecule has 134 valence electrons. The molecule has 0 aromatic carbocycles. The maximum Gasteiger partial charge on any atom is 0.350 e. The average molecular weight is 343 g/mol. The molecule has 6 nitrogen and oxygen atoms in total. The highest BCUT2D eigenvalue weighted by Gasteiger charge is 2.36. The number of imide groups is 1. The van der Waals surface area contributed by atoms with E-state index in [4.69, 9.17) is 0 Å². The van der Waals surface area contributed by atoms with Gasteiger partial charge in [0.15, 0.2) is 0 Å². The Balaban J connectivity index is 1.70. The van der Waals surface area contributed by atoms with Crippen molar-refractivity contribution in [1.82, 2.24) is 10.2 Å². The molecular weight excluding hydrogens is 318 g/mol. The molecule has 1 aliphatic heterocycles. The number of amides is 4. The molecule has 1 atom stereocenters. The van der Waals surface area contributed by atoms with Crippen LogP contribution in [-0.2, 0) is 9.59 Å². The zero-order chi connectivity index (χ0) is 17.8. The molecule has 0 bridgehead atoms. The molecule has 0 radical (unpaired) electrons. The lowest BCUT2D eigenvalue weighted by molar-refractivity contribution is -0.129. The minimum Gasteiger partial charge on any atom is -0.349 e. The zero-order valence-corrected chi connectivity index (χ0v) is 14.7. The molecule has 0 spiro atoms. The van der Waals surface area contributed by atoms with Crippen molar-refractivity contribution in [2.45, 2.75) is 57.9 Å². The lowest BCUT2D eigenvalue weighted by Crippen LogP contribution is -2.47. The van der Waals surface area contributed by atoms with Crippen LogP contribution in [0, 0.1) is 5.92 Å². The lowest BCUT2D eigenvalue weighted by atomic mass is 9.91. The quantitative estimate of drug-likeness (QED) is 0.753. The van der Waals surface area contributed by atoms with E-state index in [1.165, 1.54) is 4.90 Å². The van der Waals surface area contributed by atoms with Gasteiger partial charge in [-0.25, -0.2) is 4.79 Å². The normalized spacial score (nSPS) is 23.4. The third kappa shape index (κ3) is 3.89. The summed E-state index contributed by atoms with van der Waals surface area (Å²) in [6.45, 7) is 2.48. The van der Waals surface area contributed by atoms with Crippen LogP contribution in [0.1, 0.15) is 51.9 Å². The minimum absolute atomic E-state index is 0.158. The first-order valence-corrected chi connectivity index (χ1v) is 9.25. The van der Waals surface area contributed by atoms with E-state index in [1.54, 1.807) is 18.2 Å². The van der Waals surface area contributed by atoms with Crippen LogP contribution >= 0.6 is 0 Å². The fraction of sp³-hybridized carbons (Fsp3) is 0.579. The van der Waals surface area contributed by atoms with Crippen molar-refractivity contribution in [3.8, 4) is 0 Å². The van der Waals surface area contributed by atoms with Crippen LogP contribution in [0.2, 0.25) is 0 Å². The third-order valence-corrected chi connectivity index (χ3v) is 5.02. The van der Waals surface area contributed by atoms with Crippen molar-refractivity contribution in [2.24, 2.45) is 10.9 Å². The molecular formula is C19H25N3O3. The number of unbranched alkanes of at least 4 members (excludes halogenated alkanes) is 2. The molecule has 6 heteroatoms. The number of fused-ring (bicyclic) bond motifs is 1. The molecule has 1 saturated carbocycles. The van der Waals surface area contributed by atoms with Crippen LogP contribution in [0.25, 0.3) is 0 Å². The summed E-state index contributed by atoms with van der Waals surface area (Å²) in [7, 11) is 0. The summed E-state index contributed by atoms with van der Waals surface area (Å²) < 4.78 is 0. The number of hydrogen-bond donors (Lipinski definition) is 1. The second-order valence-electron chi connectivity index (χ2n) is 6.91. The van der Waals surface area contributed by atoms with E-state index in [-0.39, 0.29) is 17.9 Å². The Labute approximate surface area is 148 Å². The molecule has 4 amide bonds. The summed E-state index contributed by atoms with van der Waals surface area (Å²) in [6, 6.07) is -0.292. The molecule has 0 aromatic rings. The number of nitrogens with one attached hydrogen (secondary N) is 1. The molecule has 1 heterocycles. The second-order valence-corrected chi connectivity index (χ2v) is 6.91. The average Bonchev–Trinajstić information content (AvgIpc) is 3.10. The highest BCUT2D eigenvalue weighted by molar-refractivity contribution is 6.23. The van der Waals surface area contributed by atoms with Crippen molar-refractivity contribution in [3.63, 3.8) is 0 Å². The van der Waals surface area contributed by atoms with E-state index in [0.717, 1.165) is 44.9 Å². The molecule has 3 aliphatic rings. The first kappa shape index (κ1) is 17.6. The molecule has 1 N–H and O–H groups in total. The molecule has 0 saturated heterocycles. The summed E-state index contributed by atoms with van der Waals surface area (Å²) in [5, 5.41) is 3.02. The van der Waals surface area contributed by atoms with Gasteiger partial charge in [0.2, 0.25) is 5.91 Å². The predicted molar refractivity (Wildman–Crippen MR) is 95.2 cm³/mol. The molecule has 1 fully saturated rings. The highest BCUT2D eigenvalue weighted by Crippen LogP contribution is 2.24. The number of urea groups is 1. The number of rotatable bonds is 6. The van der Waals surface area contributed by atoms with Crippen molar-refractivity contribution >= 4 is 23.6 Å². The maximum absolute atomic E-state index is 12.6. The fourth-order valence-electron chi connectivity index (χ4n) is 3.55. The van der Waals surface area contributed by atoms with E-state index in [1.807, 2.05) is 0 Å². The van der Waals surface area contributed by atoms with Gasteiger partial charge in [0.05, 0.1) is 11.6 Å². The van der Waals surface area contributed by atoms with Gasteiger partial charge in [-0.2, -0.15) is 4.99 Å². The standard InChI is InChI=1S/C19H25N3O3/c1-2-3-6-11-22-18(24)15-10-9-13(12-16(15)21-19(22)25)17(23)20-14-7-4-5-8-14/h9-10,12,14-15H,2-8,11H2,1H3,(H,20,23). The van der Waals surface area contributed by atoms with Gasteiger partial charge in [-0.15, -0.1) is 0 Å². The van der Waals surface area contributed by atoms with Gasteiger partial charge >= 0.3 is 6.03 Å². The number of nitrogens with zero attached hydrogens (tertiary/aromatic N) is 2. The van der Waals surface area contributed by atoms with Gasteiger partial charge < -0.3 is 5.32 Å². The number of carbonyl (C=O) groups is 3. The van der Waals surface area contributed by atoms with Gasteiger partial charge in [0, 0.05) is 18.2 Å². The second kappa shape index (κ2) is 7.76. The van der Waals surface area contributed by atoms with E-state index in [0.29, 0.717) is 17.8 Å². The number of carbonyl (C=O) groups excluding carboxylic acids is 3. The Morgan fingerprint density at radius 1 is 1.28 bits per heavy atom. The molecule has 25 heavy (non-hydrogen) atoms. The van der Waals surface area contributed by atoms with E-state index >= 15 is 0 Å². The zero-order valence-electron chi connectivity index (χ0n) is 14.7. The Bertz CT molecular complexity index is 657. The Hall–Kier alpha value is -2.24. The van der Waals surface area contributed by atoms with Crippen LogP contribution < -0.4 is 5.32 Å². The van der Waals surface area contributed by atoms with Gasteiger partial charge in [0.25, 0.3) is 5.91 Å². The van der Waals surface area contributed by atoms with Crippen LogP contribution in [-0.4, -0.2) is 41.0 Å². The smallest absolute Gasteiger partial charge is 0.349 e. The minimum atomic E-state index is -0.553. The van der Waals surface area contributed by atoms with Gasteiger partial charge in [-0.3, -0.25) is 14.5 Å². The van der Waals surface area contributed by atoms with Crippen molar-refractivity contribution in [3.05, 3.63) is 23.8 Å². The van der Waals surface area contributed by atoms with Gasteiger partial charge in [-0.05, 0) is 25.3 Å². The summed E-state index contributed by atoms with van der Waals surface area (Å²) >= 11 is 0. The summed E-state index contributed by atoms with van der Waals surface area (Å²) in [6.07, 6.45) is 12.0. The predicted octanol–water partition coefficient (Wildman–Crippen LogP) is 2.75. The molecule has 2 aliphatic carbocycles. The van der Waals surface area contributed by atoms with Crippen molar-refractivity contribution in [2.75, 3.05) is 6.54 Å². The first-order valence-electron chi connectivity index (χ1n) is 9.25. The van der Waals surface area contributed by atoms with E-state index in [2.05, 4.69) is 17.2 Å². The summed E-state index contributed by atoms with van der Waals surface area (Å²) in [5.41, 5.74) is 0.836. The van der Waals surface area contributed by atoms with E-state index < -0.39 is 11.9 Å². The molecule has 0 aromatic heterocycles. The number of aliphatic imine (C=N–C) groups is 1. The monoisotopic (exact) mass is 343 g/mol. The third-order valence-electron chi connectivity index (χ3n) is 5.02. The highest BCUT2D eigenvalue weighted by atomic mass is 16.2. The number of hydrogen-bond acceptors (Lipinski definition) is 3. The van der Waals surface area contributed by atoms with Gasteiger partial charge in [0.1, 0.15) is 0 Å². The largest absolute Gasteiger partial charge is 0.350 e. The molecule has 3 rings (SSSR count). The van der Waals surface area contributed by atoms with Crippen LogP contribution in [0.15, 0.2) is 28.8 Å². The summed E-state index contributed by atoms with van der Waals surface area (Å²) in [5.74, 6) is -0.953. The lowest BCUT2D eigenvalue weighted by Gasteiger charge is -2.29. The maximum atomic E-state index is 12.6. The Morgan fingerprint density at radius 2 is 2.04 bits per heavy atom. The number of allylic oxidation sites excluding steroid dienone is 1. The van der Waals surface area contributed by atoms with Crippen LogP contribution in [0.3, 0.4) is 0 Å².